The Morgan fingerprint density at radius 3 is 2.31 bits per heavy atom. The molecule has 0 aliphatic rings. The standard InChI is InChI=1S/C23H30ClN3.2ClH/c1-4-26(5-2)15-14-25-16-21-18(3)27(23-13-9-7-11-20(21)23)17-19-10-6-8-12-22(19)24;;/h6-13,25H,4-5,14-17H2,1-3H3;2*1H. The van der Waals surface area contributed by atoms with Crippen LogP contribution < -0.4 is 5.32 Å². The maximum atomic E-state index is 6.41. The molecule has 2 aromatic carbocycles. The van der Waals surface area contributed by atoms with E-state index in [4.69, 9.17) is 11.6 Å². The molecule has 3 aromatic rings. The first kappa shape index (κ1) is 25.8. The Labute approximate surface area is 192 Å². The van der Waals surface area contributed by atoms with Gasteiger partial charge in [0, 0.05) is 47.8 Å². The first-order valence-electron chi connectivity index (χ1n) is 9.88. The van der Waals surface area contributed by atoms with Crippen LogP contribution in [0.5, 0.6) is 0 Å². The lowest BCUT2D eigenvalue weighted by Crippen LogP contribution is -2.31. The number of aromatic nitrogens is 1. The van der Waals surface area contributed by atoms with Crippen LogP contribution in [0.2, 0.25) is 5.02 Å². The SMILES string of the molecule is CCN(CC)CCNCc1c(C)n(Cc2ccccc2Cl)c2ccccc12.Cl.Cl. The van der Waals surface area contributed by atoms with E-state index in [-0.39, 0.29) is 24.8 Å². The van der Waals surface area contributed by atoms with Crippen molar-refractivity contribution in [3.8, 4) is 0 Å². The van der Waals surface area contributed by atoms with Crippen molar-refractivity contribution in [2.24, 2.45) is 0 Å². The van der Waals surface area contributed by atoms with E-state index in [0.29, 0.717) is 0 Å². The van der Waals surface area contributed by atoms with E-state index in [0.717, 1.165) is 49.9 Å². The normalized spacial score (nSPS) is 10.8. The largest absolute Gasteiger partial charge is 0.340 e. The molecule has 6 heteroatoms. The fourth-order valence-corrected chi connectivity index (χ4v) is 3.91. The molecule has 0 spiro atoms. The van der Waals surface area contributed by atoms with Gasteiger partial charge in [-0.2, -0.15) is 0 Å². The number of benzene rings is 2. The minimum atomic E-state index is 0. The first-order chi connectivity index (χ1) is 13.2. The molecule has 0 saturated carbocycles. The van der Waals surface area contributed by atoms with Gasteiger partial charge in [-0.25, -0.2) is 0 Å². The fraction of sp³-hybridized carbons (Fsp3) is 0.391. The Balaban J connectivity index is 0.00000210. The van der Waals surface area contributed by atoms with Crippen LogP contribution in [0.15, 0.2) is 48.5 Å². The Morgan fingerprint density at radius 1 is 0.966 bits per heavy atom. The average molecular weight is 457 g/mol. The third-order valence-electron chi connectivity index (χ3n) is 5.45. The molecule has 0 atom stereocenters. The zero-order chi connectivity index (χ0) is 19.2. The third kappa shape index (κ3) is 6.13. The van der Waals surface area contributed by atoms with Crippen molar-refractivity contribution in [2.45, 2.75) is 33.9 Å². The summed E-state index contributed by atoms with van der Waals surface area (Å²) >= 11 is 6.41. The Morgan fingerprint density at radius 2 is 1.62 bits per heavy atom. The highest BCUT2D eigenvalue weighted by Crippen LogP contribution is 2.28. The van der Waals surface area contributed by atoms with Gasteiger partial charge in [-0.05, 0) is 43.3 Å². The molecule has 0 unspecified atom stereocenters. The van der Waals surface area contributed by atoms with Crippen molar-refractivity contribution in [3.05, 3.63) is 70.4 Å². The molecule has 0 bridgehead atoms. The van der Waals surface area contributed by atoms with Crippen molar-refractivity contribution >= 4 is 47.3 Å². The molecule has 1 heterocycles. The number of hydrogen-bond donors (Lipinski definition) is 1. The molecule has 0 aliphatic heterocycles. The van der Waals surface area contributed by atoms with Crippen LogP contribution in [0.3, 0.4) is 0 Å². The zero-order valence-corrected chi connectivity index (χ0v) is 19.8. The molecule has 0 radical (unpaired) electrons. The van der Waals surface area contributed by atoms with Crippen LogP contribution in [0, 0.1) is 6.92 Å². The summed E-state index contributed by atoms with van der Waals surface area (Å²) in [6.07, 6.45) is 0. The smallest absolute Gasteiger partial charge is 0.0493 e. The molecule has 0 amide bonds. The van der Waals surface area contributed by atoms with E-state index in [2.05, 4.69) is 72.0 Å². The molecule has 0 aliphatic carbocycles. The molecule has 3 rings (SSSR count). The van der Waals surface area contributed by atoms with E-state index >= 15 is 0 Å². The Kier molecular flexibility index (Phi) is 11.1. The molecular weight excluding hydrogens is 425 g/mol. The van der Waals surface area contributed by atoms with E-state index < -0.39 is 0 Å². The van der Waals surface area contributed by atoms with Crippen LogP contribution in [-0.4, -0.2) is 35.6 Å². The third-order valence-corrected chi connectivity index (χ3v) is 5.82. The number of likely N-dealkylation sites (N-methyl/N-ethyl adjacent to an activating group) is 1. The van der Waals surface area contributed by atoms with Gasteiger partial charge in [0.1, 0.15) is 0 Å². The monoisotopic (exact) mass is 455 g/mol. The summed E-state index contributed by atoms with van der Waals surface area (Å²) < 4.78 is 2.39. The highest BCUT2D eigenvalue weighted by Gasteiger charge is 2.14. The van der Waals surface area contributed by atoms with Gasteiger partial charge in [-0.3, -0.25) is 0 Å². The molecule has 3 nitrogen and oxygen atoms in total. The van der Waals surface area contributed by atoms with Crippen molar-refractivity contribution in [1.82, 2.24) is 14.8 Å². The van der Waals surface area contributed by atoms with Gasteiger partial charge in [-0.15, -0.1) is 24.8 Å². The second-order valence-electron chi connectivity index (χ2n) is 6.96. The molecule has 1 N–H and O–H groups in total. The lowest BCUT2D eigenvalue weighted by Gasteiger charge is -2.18. The summed E-state index contributed by atoms with van der Waals surface area (Å²) in [5.41, 5.74) is 5.13. The maximum absolute atomic E-state index is 6.41. The van der Waals surface area contributed by atoms with E-state index in [9.17, 15) is 0 Å². The summed E-state index contributed by atoms with van der Waals surface area (Å²) in [6, 6.07) is 16.8. The van der Waals surface area contributed by atoms with Crippen LogP contribution in [0.4, 0.5) is 0 Å². The van der Waals surface area contributed by atoms with Gasteiger partial charge < -0.3 is 14.8 Å². The number of nitrogens with zero attached hydrogens (tertiary/aromatic N) is 2. The van der Waals surface area contributed by atoms with E-state index in [1.807, 2.05) is 12.1 Å². The van der Waals surface area contributed by atoms with Crippen LogP contribution in [0.1, 0.15) is 30.7 Å². The Bertz CT molecular complexity index is 888. The Hall–Kier alpha value is -1.23. The van der Waals surface area contributed by atoms with Crippen LogP contribution in [-0.2, 0) is 13.1 Å². The highest BCUT2D eigenvalue weighted by molar-refractivity contribution is 6.31. The van der Waals surface area contributed by atoms with E-state index in [1.54, 1.807) is 0 Å². The predicted molar refractivity (Wildman–Crippen MR) is 131 cm³/mol. The molecule has 0 fully saturated rings. The number of nitrogens with one attached hydrogen (secondary N) is 1. The van der Waals surface area contributed by atoms with Crippen molar-refractivity contribution in [1.29, 1.82) is 0 Å². The fourth-order valence-electron chi connectivity index (χ4n) is 3.72. The minimum absolute atomic E-state index is 0. The maximum Gasteiger partial charge on any atom is 0.0493 e. The topological polar surface area (TPSA) is 20.2 Å². The van der Waals surface area contributed by atoms with Gasteiger partial charge in [0.05, 0.1) is 0 Å². The molecule has 1 aromatic heterocycles. The minimum Gasteiger partial charge on any atom is -0.340 e. The average Bonchev–Trinajstić information content (AvgIpc) is 2.95. The van der Waals surface area contributed by atoms with Crippen LogP contribution in [0.25, 0.3) is 10.9 Å². The van der Waals surface area contributed by atoms with Crippen LogP contribution >= 0.6 is 36.4 Å². The summed E-state index contributed by atoms with van der Waals surface area (Å²) in [7, 11) is 0. The number of fused-ring (bicyclic) bond motifs is 1. The van der Waals surface area contributed by atoms with Gasteiger partial charge in [0.15, 0.2) is 0 Å². The van der Waals surface area contributed by atoms with Crippen molar-refractivity contribution < 1.29 is 0 Å². The quantitative estimate of drug-likeness (QED) is 0.403. The lowest BCUT2D eigenvalue weighted by molar-refractivity contribution is 0.302. The number of hydrogen-bond acceptors (Lipinski definition) is 2. The first-order valence-corrected chi connectivity index (χ1v) is 10.3. The summed E-state index contributed by atoms with van der Waals surface area (Å²) in [5, 5.41) is 5.80. The molecule has 0 saturated heterocycles. The van der Waals surface area contributed by atoms with Gasteiger partial charge >= 0.3 is 0 Å². The number of halogens is 3. The lowest BCUT2D eigenvalue weighted by atomic mass is 10.1. The molecular formula is C23H32Cl3N3. The second-order valence-corrected chi connectivity index (χ2v) is 7.37. The summed E-state index contributed by atoms with van der Waals surface area (Å²) in [5.74, 6) is 0. The highest BCUT2D eigenvalue weighted by atomic mass is 35.5. The molecule has 160 valence electrons. The summed E-state index contributed by atoms with van der Waals surface area (Å²) in [4.78, 5) is 2.44. The second kappa shape index (κ2) is 12.5. The van der Waals surface area contributed by atoms with Gasteiger partial charge in [0.25, 0.3) is 0 Å². The zero-order valence-electron chi connectivity index (χ0n) is 17.5. The number of para-hydroxylation sites is 1. The van der Waals surface area contributed by atoms with Gasteiger partial charge in [0.2, 0.25) is 0 Å². The summed E-state index contributed by atoms with van der Waals surface area (Å²) in [6.45, 7) is 12.6. The predicted octanol–water partition coefficient (Wildman–Crippen LogP) is 5.93. The van der Waals surface area contributed by atoms with Crippen molar-refractivity contribution in [2.75, 3.05) is 26.2 Å². The van der Waals surface area contributed by atoms with E-state index in [1.165, 1.54) is 22.2 Å². The molecule has 29 heavy (non-hydrogen) atoms. The number of rotatable bonds is 9. The van der Waals surface area contributed by atoms with Crippen molar-refractivity contribution in [3.63, 3.8) is 0 Å². The van der Waals surface area contributed by atoms with Gasteiger partial charge in [-0.1, -0.05) is 61.8 Å².